The maximum absolute atomic E-state index is 12.2. The van der Waals surface area contributed by atoms with Crippen molar-refractivity contribution in [1.82, 2.24) is 10.2 Å². The summed E-state index contributed by atoms with van der Waals surface area (Å²) in [5, 5.41) is 10.7. The summed E-state index contributed by atoms with van der Waals surface area (Å²) in [6, 6.07) is -1.06. The number of carbonyl (C=O) groups excluding carboxylic acids is 1. The lowest BCUT2D eigenvalue weighted by Gasteiger charge is -2.23. The van der Waals surface area contributed by atoms with E-state index >= 15 is 0 Å². The van der Waals surface area contributed by atoms with Crippen LogP contribution in [0.5, 0.6) is 0 Å². The highest BCUT2D eigenvalue weighted by Gasteiger charge is 2.34. The van der Waals surface area contributed by atoms with Crippen LogP contribution in [0, 0.1) is 0 Å². The van der Waals surface area contributed by atoms with Crippen LogP contribution in [-0.2, 0) is 9.53 Å². The molecule has 0 aromatic rings. The lowest BCUT2D eigenvalue weighted by atomic mass is 10.2. The second-order valence-electron chi connectivity index (χ2n) is 4.19. The molecule has 1 rings (SSSR count). The molecule has 1 heterocycles. The van der Waals surface area contributed by atoms with Gasteiger partial charge in [-0.3, -0.25) is 4.79 Å². The molecule has 2 amide bonds. The maximum Gasteiger partial charge on any atom is 0.406 e. The number of nitrogens with zero attached hydrogens (tertiary/aromatic N) is 1. The van der Waals surface area contributed by atoms with E-state index in [-0.39, 0.29) is 17.5 Å². The SMILES string of the molecule is O=C(O)CN(CC(F)(F)F)C(=O)NCC1CCCO1. The summed E-state index contributed by atoms with van der Waals surface area (Å²) in [5.74, 6) is -1.50. The van der Waals surface area contributed by atoms with Crippen molar-refractivity contribution < 1.29 is 32.6 Å². The van der Waals surface area contributed by atoms with Gasteiger partial charge in [0.05, 0.1) is 6.10 Å². The van der Waals surface area contributed by atoms with E-state index < -0.39 is 31.3 Å². The maximum atomic E-state index is 12.2. The van der Waals surface area contributed by atoms with E-state index in [2.05, 4.69) is 5.32 Å². The fraction of sp³-hybridized carbons (Fsp3) is 0.800. The average molecular weight is 284 g/mol. The van der Waals surface area contributed by atoms with E-state index in [9.17, 15) is 22.8 Å². The quantitative estimate of drug-likeness (QED) is 0.783. The van der Waals surface area contributed by atoms with Crippen LogP contribution in [0.4, 0.5) is 18.0 Å². The number of ether oxygens (including phenoxy) is 1. The predicted octanol–water partition coefficient (Wildman–Crippen LogP) is 0.824. The highest BCUT2D eigenvalue weighted by atomic mass is 19.4. The minimum atomic E-state index is -4.64. The van der Waals surface area contributed by atoms with Crippen molar-refractivity contribution in [2.45, 2.75) is 25.1 Å². The summed E-state index contributed by atoms with van der Waals surface area (Å²) in [6.45, 7) is -1.97. The molecule has 1 saturated heterocycles. The number of nitrogens with one attached hydrogen (secondary N) is 1. The Morgan fingerprint density at radius 1 is 1.42 bits per heavy atom. The van der Waals surface area contributed by atoms with E-state index in [4.69, 9.17) is 9.84 Å². The monoisotopic (exact) mass is 284 g/mol. The predicted molar refractivity (Wildman–Crippen MR) is 57.6 cm³/mol. The van der Waals surface area contributed by atoms with Gasteiger partial charge in [0.1, 0.15) is 13.1 Å². The van der Waals surface area contributed by atoms with Gasteiger partial charge >= 0.3 is 18.2 Å². The van der Waals surface area contributed by atoms with Gasteiger partial charge < -0.3 is 20.1 Å². The normalized spacial score (nSPS) is 19.2. The fourth-order valence-electron chi connectivity index (χ4n) is 1.70. The third kappa shape index (κ3) is 6.27. The Morgan fingerprint density at radius 3 is 2.58 bits per heavy atom. The molecule has 1 aliphatic heterocycles. The van der Waals surface area contributed by atoms with Gasteiger partial charge in [0, 0.05) is 13.2 Å². The molecule has 19 heavy (non-hydrogen) atoms. The number of urea groups is 1. The average Bonchev–Trinajstić information content (AvgIpc) is 2.75. The van der Waals surface area contributed by atoms with E-state index in [0.29, 0.717) is 6.61 Å². The lowest BCUT2D eigenvalue weighted by Crippen LogP contribution is -2.48. The minimum Gasteiger partial charge on any atom is -0.480 e. The minimum absolute atomic E-state index is 0.0762. The van der Waals surface area contributed by atoms with Crippen LogP contribution < -0.4 is 5.32 Å². The standard InChI is InChI=1S/C10H15F3N2O4/c11-10(12,13)6-15(5-8(16)17)9(18)14-4-7-2-1-3-19-7/h7H,1-6H2,(H,14,18)(H,16,17). The van der Waals surface area contributed by atoms with E-state index in [0.717, 1.165) is 12.8 Å². The van der Waals surface area contributed by atoms with Gasteiger partial charge in [-0.15, -0.1) is 0 Å². The van der Waals surface area contributed by atoms with Crippen LogP contribution >= 0.6 is 0 Å². The van der Waals surface area contributed by atoms with E-state index in [1.54, 1.807) is 0 Å². The second-order valence-corrected chi connectivity index (χ2v) is 4.19. The highest BCUT2D eigenvalue weighted by molar-refractivity contribution is 5.80. The van der Waals surface area contributed by atoms with Crippen molar-refractivity contribution >= 4 is 12.0 Å². The molecule has 110 valence electrons. The number of rotatable bonds is 5. The molecule has 0 radical (unpaired) electrons. The summed E-state index contributed by atoms with van der Waals surface area (Å²) in [4.78, 5) is 22.2. The van der Waals surface area contributed by atoms with Gasteiger partial charge in [0.2, 0.25) is 0 Å². The first-order valence-electron chi connectivity index (χ1n) is 5.71. The summed E-state index contributed by atoms with van der Waals surface area (Å²) in [6.07, 6.45) is -3.31. The van der Waals surface area contributed by atoms with Crippen LogP contribution in [0.2, 0.25) is 0 Å². The topological polar surface area (TPSA) is 78.9 Å². The highest BCUT2D eigenvalue weighted by Crippen LogP contribution is 2.16. The fourth-order valence-corrected chi connectivity index (χ4v) is 1.70. The number of hydrogen-bond acceptors (Lipinski definition) is 3. The van der Waals surface area contributed by atoms with Crippen molar-refractivity contribution in [3.05, 3.63) is 0 Å². The van der Waals surface area contributed by atoms with Gasteiger partial charge in [-0.1, -0.05) is 0 Å². The van der Waals surface area contributed by atoms with Gasteiger partial charge in [0.25, 0.3) is 0 Å². The molecule has 9 heteroatoms. The van der Waals surface area contributed by atoms with Crippen molar-refractivity contribution in [2.75, 3.05) is 26.2 Å². The molecule has 0 bridgehead atoms. The van der Waals surface area contributed by atoms with Crippen LogP contribution in [0.15, 0.2) is 0 Å². The summed E-state index contributed by atoms with van der Waals surface area (Å²) >= 11 is 0. The number of alkyl halides is 3. The number of carboxylic acids is 1. The van der Waals surface area contributed by atoms with Crippen LogP contribution in [0.1, 0.15) is 12.8 Å². The molecule has 0 saturated carbocycles. The molecule has 1 unspecified atom stereocenters. The third-order valence-corrected chi connectivity index (χ3v) is 2.49. The first kappa shape index (κ1) is 15.5. The van der Waals surface area contributed by atoms with Crippen LogP contribution in [0.25, 0.3) is 0 Å². The smallest absolute Gasteiger partial charge is 0.406 e. The Kier molecular flexibility index (Phi) is 5.40. The molecular formula is C10H15F3N2O4. The zero-order valence-corrected chi connectivity index (χ0v) is 10.1. The van der Waals surface area contributed by atoms with E-state index in [1.807, 2.05) is 0 Å². The number of amides is 2. The molecule has 0 aliphatic carbocycles. The Labute approximate surface area is 107 Å². The summed E-state index contributed by atoms with van der Waals surface area (Å²) in [5.41, 5.74) is 0. The van der Waals surface area contributed by atoms with Gasteiger partial charge in [-0.2, -0.15) is 13.2 Å². The molecule has 0 aromatic heterocycles. The number of carboxylic acid groups (broad SMARTS) is 1. The Bertz CT molecular complexity index is 329. The Morgan fingerprint density at radius 2 is 2.11 bits per heavy atom. The molecule has 0 spiro atoms. The third-order valence-electron chi connectivity index (χ3n) is 2.49. The Balaban J connectivity index is 2.47. The molecule has 6 nitrogen and oxygen atoms in total. The number of halogens is 3. The first-order chi connectivity index (χ1) is 8.78. The number of carbonyl (C=O) groups is 2. The van der Waals surface area contributed by atoms with Gasteiger partial charge in [0.15, 0.2) is 0 Å². The zero-order chi connectivity index (χ0) is 14.5. The van der Waals surface area contributed by atoms with E-state index in [1.165, 1.54) is 0 Å². The molecule has 0 aromatic carbocycles. The van der Waals surface area contributed by atoms with Crippen LogP contribution in [0.3, 0.4) is 0 Å². The largest absolute Gasteiger partial charge is 0.480 e. The number of hydrogen-bond donors (Lipinski definition) is 2. The second kappa shape index (κ2) is 6.60. The zero-order valence-electron chi connectivity index (χ0n) is 10.1. The Hall–Kier alpha value is -1.51. The van der Waals surface area contributed by atoms with Crippen molar-refractivity contribution in [2.24, 2.45) is 0 Å². The molecular weight excluding hydrogens is 269 g/mol. The molecule has 1 aliphatic rings. The van der Waals surface area contributed by atoms with Gasteiger partial charge in [-0.25, -0.2) is 4.79 Å². The van der Waals surface area contributed by atoms with Crippen molar-refractivity contribution in [1.29, 1.82) is 0 Å². The lowest BCUT2D eigenvalue weighted by molar-refractivity contribution is -0.149. The first-order valence-corrected chi connectivity index (χ1v) is 5.71. The number of aliphatic carboxylic acids is 1. The van der Waals surface area contributed by atoms with Crippen molar-refractivity contribution in [3.63, 3.8) is 0 Å². The molecule has 1 fully saturated rings. The van der Waals surface area contributed by atoms with Gasteiger partial charge in [-0.05, 0) is 12.8 Å². The molecule has 1 atom stereocenters. The van der Waals surface area contributed by atoms with Crippen molar-refractivity contribution in [3.8, 4) is 0 Å². The summed E-state index contributed by atoms with van der Waals surface area (Å²) < 4.78 is 41.8. The van der Waals surface area contributed by atoms with Crippen LogP contribution in [-0.4, -0.2) is 60.5 Å². The molecule has 2 N–H and O–H groups in total. The summed E-state index contributed by atoms with van der Waals surface area (Å²) in [7, 11) is 0.